The van der Waals surface area contributed by atoms with E-state index in [1.54, 1.807) is 0 Å². The van der Waals surface area contributed by atoms with Crippen molar-refractivity contribution in [1.82, 2.24) is 10.2 Å². The van der Waals surface area contributed by atoms with Crippen LogP contribution in [0.5, 0.6) is 0 Å². The Labute approximate surface area is 115 Å². The van der Waals surface area contributed by atoms with Crippen molar-refractivity contribution in [2.45, 2.75) is 44.3 Å². The van der Waals surface area contributed by atoms with E-state index in [0.717, 1.165) is 31.2 Å². The molecule has 0 bridgehead atoms. The molecule has 1 N–H and O–H groups in total. The molecule has 3 nitrogen and oxygen atoms in total. The fourth-order valence-corrected chi connectivity index (χ4v) is 3.06. The average Bonchev–Trinajstić information content (AvgIpc) is 3.30. The van der Waals surface area contributed by atoms with Crippen molar-refractivity contribution in [2.24, 2.45) is 0 Å². The van der Waals surface area contributed by atoms with Crippen LogP contribution in [0.4, 0.5) is 0 Å². The van der Waals surface area contributed by atoms with Gasteiger partial charge in [-0.2, -0.15) is 5.26 Å². The summed E-state index contributed by atoms with van der Waals surface area (Å²) in [6.45, 7) is 3.21. The zero-order valence-electron chi connectivity index (χ0n) is 11.3. The van der Waals surface area contributed by atoms with Crippen LogP contribution in [-0.4, -0.2) is 30.1 Å². The van der Waals surface area contributed by atoms with Crippen molar-refractivity contribution in [1.29, 1.82) is 5.26 Å². The first kappa shape index (κ1) is 12.7. The van der Waals surface area contributed by atoms with E-state index in [-0.39, 0.29) is 0 Å². The second kappa shape index (κ2) is 5.73. The third-order valence-electron chi connectivity index (χ3n) is 4.28. The number of hydrogen-bond acceptors (Lipinski definition) is 3. The van der Waals surface area contributed by atoms with Crippen molar-refractivity contribution < 1.29 is 0 Å². The van der Waals surface area contributed by atoms with Gasteiger partial charge in [0.15, 0.2) is 0 Å². The Morgan fingerprint density at radius 3 is 2.47 bits per heavy atom. The molecule has 1 saturated heterocycles. The second-order valence-corrected chi connectivity index (χ2v) is 5.65. The van der Waals surface area contributed by atoms with E-state index in [9.17, 15) is 5.26 Å². The minimum atomic E-state index is 0.695. The molecule has 2 fully saturated rings. The minimum Gasteiger partial charge on any atom is -0.317 e. The minimum absolute atomic E-state index is 0.695. The van der Waals surface area contributed by atoms with E-state index in [0.29, 0.717) is 6.04 Å². The van der Waals surface area contributed by atoms with Crippen molar-refractivity contribution >= 4 is 0 Å². The molecule has 2 aliphatic rings. The molecule has 0 atom stereocenters. The van der Waals surface area contributed by atoms with Crippen LogP contribution in [-0.2, 0) is 6.54 Å². The van der Waals surface area contributed by atoms with Gasteiger partial charge in [0.1, 0.15) is 0 Å². The fourth-order valence-electron chi connectivity index (χ4n) is 3.06. The van der Waals surface area contributed by atoms with Crippen LogP contribution >= 0.6 is 0 Å². The fraction of sp³-hybridized carbons (Fsp3) is 0.562. The van der Waals surface area contributed by atoms with Crippen LogP contribution in [0.3, 0.4) is 0 Å². The number of rotatable bonds is 4. The molecular formula is C16H21N3. The van der Waals surface area contributed by atoms with Gasteiger partial charge in [-0.05, 0) is 50.4 Å². The highest BCUT2D eigenvalue weighted by atomic mass is 15.2. The monoisotopic (exact) mass is 255 g/mol. The Hall–Kier alpha value is -1.37. The zero-order chi connectivity index (χ0) is 13.1. The van der Waals surface area contributed by atoms with Crippen LogP contribution in [0, 0.1) is 11.3 Å². The van der Waals surface area contributed by atoms with Crippen molar-refractivity contribution in [2.75, 3.05) is 13.1 Å². The van der Waals surface area contributed by atoms with Crippen molar-refractivity contribution in [3.8, 4) is 6.07 Å². The molecule has 3 heteroatoms. The maximum absolute atomic E-state index is 9.22. The number of benzene rings is 1. The molecular weight excluding hydrogens is 234 g/mol. The Morgan fingerprint density at radius 2 is 1.79 bits per heavy atom. The molecule has 0 spiro atoms. The third-order valence-corrected chi connectivity index (χ3v) is 4.28. The lowest BCUT2D eigenvalue weighted by molar-refractivity contribution is 0.144. The maximum atomic E-state index is 9.22. The summed E-state index contributed by atoms with van der Waals surface area (Å²) in [7, 11) is 0. The molecule has 0 aromatic heterocycles. The molecule has 1 aromatic rings. The van der Waals surface area contributed by atoms with E-state index in [1.165, 1.54) is 31.2 Å². The van der Waals surface area contributed by atoms with Crippen molar-refractivity contribution in [3.63, 3.8) is 0 Å². The van der Waals surface area contributed by atoms with Crippen LogP contribution in [0.15, 0.2) is 24.3 Å². The summed E-state index contributed by atoms with van der Waals surface area (Å²) in [6, 6.07) is 11.8. The summed E-state index contributed by atoms with van der Waals surface area (Å²) in [5.41, 5.74) is 2.03. The number of hydrogen-bond donors (Lipinski definition) is 1. The van der Waals surface area contributed by atoms with Crippen LogP contribution < -0.4 is 5.32 Å². The Morgan fingerprint density at radius 1 is 1.11 bits per heavy atom. The SMILES string of the molecule is N#Cc1ccccc1CN(C1CCNCC1)C1CC1. The quantitative estimate of drug-likeness (QED) is 0.897. The van der Waals surface area contributed by atoms with Gasteiger partial charge in [0.2, 0.25) is 0 Å². The van der Waals surface area contributed by atoms with Gasteiger partial charge in [-0.3, -0.25) is 4.90 Å². The van der Waals surface area contributed by atoms with Gasteiger partial charge in [0, 0.05) is 18.6 Å². The number of nitrogens with zero attached hydrogens (tertiary/aromatic N) is 2. The summed E-state index contributed by atoms with van der Waals surface area (Å²) in [6.07, 6.45) is 5.15. The number of piperidine rings is 1. The first-order valence-corrected chi connectivity index (χ1v) is 7.33. The Balaban J connectivity index is 1.76. The van der Waals surface area contributed by atoms with Gasteiger partial charge in [0.25, 0.3) is 0 Å². The lowest BCUT2D eigenvalue weighted by Crippen LogP contribution is -2.43. The first-order valence-electron chi connectivity index (χ1n) is 7.33. The van der Waals surface area contributed by atoms with Gasteiger partial charge >= 0.3 is 0 Å². The van der Waals surface area contributed by atoms with Gasteiger partial charge < -0.3 is 5.32 Å². The number of nitriles is 1. The van der Waals surface area contributed by atoms with Gasteiger partial charge in [0.05, 0.1) is 11.6 Å². The topological polar surface area (TPSA) is 39.1 Å². The highest BCUT2D eigenvalue weighted by molar-refractivity contribution is 5.37. The van der Waals surface area contributed by atoms with Crippen LogP contribution in [0.1, 0.15) is 36.8 Å². The molecule has 1 saturated carbocycles. The van der Waals surface area contributed by atoms with E-state index in [2.05, 4.69) is 22.4 Å². The molecule has 19 heavy (non-hydrogen) atoms. The smallest absolute Gasteiger partial charge is 0.0995 e. The molecule has 0 amide bonds. The van der Waals surface area contributed by atoms with Crippen LogP contribution in [0.2, 0.25) is 0 Å². The molecule has 1 aromatic carbocycles. The first-order chi connectivity index (χ1) is 9.38. The molecule has 1 heterocycles. The summed E-state index contributed by atoms with van der Waals surface area (Å²) in [5.74, 6) is 0. The molecule has 100 valence electrons. The van der Waals surface area contributed by atoms with Gasteiger partial charge in [-0.1, -0.05) is 18.2 Å². The Bertz CT molecular complexity index is 467. The lowest BCUT2D eigenvalue weighted by atomic mass is 10.0. The van der Waals surface area contributed by atoms with E-state index >= 15 is 0 Å². The molecule has 0 radical (unpaired) electrons. The average molecular weight is 255 g/mol. The van der Waals surface area contributed by atoms with E-state index in [1.807, 2.05) is 18.2 Å². The lowest BCUT2D eigenvalue weighted by Gasteiger charge is -2.35. The van der Waals surface area contributed by atoms with Gasteiger partial charge in [-0.25, -0.2) is 0 Å². The zero-order valence-corrected chi connectivity index (χ0v) is 11.3. The predicted octanol–water partition coefficient (Wildman–Crippen LogP) is 2.27. The van der Waals surface area contributed by atoms with E-state index < -0.39 is 0 Å². The van der Waals surface area contributed by atoms with Crippen molar-refractivity contribution in [3.05, 3.63) is 35.4 Å². The predicted molar refractivity (Wildman–Crippen MR) is 75.6 cm³/mol. The standard InChI is InChI=1S/C16H21N3/c17-11-13-3-1-2-4-14(13)12-19(15-5-6-15)16-7-9-18-10-8-16/h1-4,15-16,18H,5-10,12H2. The van der Waals surface area contributed by atoms with Crippen LogP contribution in [0.25, 0.3) is 0 Å². The normalized spacial score (nSPS) is 20.4. The summed E-state index contributed by atoms with van der Waals surface area (Å²) < 4.78 is 0. The molecule has 1 aliphatic carbocycles. The molecule has 3 rings (SSSR count). The highest BCUT2D eigenvalue weighted by Crippen LogP contribution is 2.32. The molecule has 1 aliphatic heterocycles. The summed E-state index contributed by atoms with van der Waals surface area (Å²) >= 11 is 0. The maximum Gasteiger partial charge on any atom is 0.0995 e. The second-order valence-electron chi connectivity index (χ2n) is 5.65. The number of nitrogens with one attached hydrogen (secondary N) is 1. The van der Waals surface area contributed by atoms with E-state index in [4.69, 9.17) is 0 Å². The summed E-state index contributed by atoms with van der Waals surface area (Å²) in [5, 5.41) is 12.7. The largest absolute Gasteiger partial charge is 0.317 e. The third kappa shape index (κ3) is 2.97. The summed E-state index contributed by atoms with van der Waals surface area (Å²) in [4.78, 5) is 2.65. The molecule has 0 unspecified atom stereocenters. The highest BCUT2D eigenvalue weighted by Gasteiger charge is 2.34. The Kier molecular flexibility index (Phi) is 3.82. The van der Waals surface area contributed by atoms with Gasteiger partial charge in [-0.15, -0.1) is 0 Å².